The van der Waals surface area contributed by atoms with Crippen LogP contribution in [0.25, 0.3) is 22.6 Å². The Morgan fingerprint density at radius 2 is 1.55 bits per heavy atom. The van der Waals surface area contributed by atoms with Crippen molar-refractivity contribution in [2.45, 2.75) is 0 Å². The van der Waals surface area contributed by atoms with Gasteiger partial charge < -0.3 is 5.21 Å². The van der Waals surface area contributed by atoms with E-state index in [2.05, 4.69) is 26.1 Å². The molecular weight excluding hydrogens is 318 g/mol. The van der Waals surface area contributed by atoms with E-state index in [1.54, 1.807) is 0 Å². The molecule has 0 aliphatic carbocycles. The topological polar surface area (TPSA) is 52.7 Å². The molecule has 0 N–H and O–H groups in total. The smallest absolute Gasteiger partial charge is 0.360 e. The molecule has 0 saturated heterocycles. The summed E-state index contributed by atoms with van der Waals surface area (Å²) in [6, 6.07) is 16.8. The summed E-state index contributed by atoms with van der Waals surface area (Å²) in [7, 11) is 0. The first-order valence-corrected chi connectivity index (χ1v) is 6.81. The van der Waals surface area contributed by atoms with Crippen molar-refractivity contribution in [1.29, 1.82) is 0 Å². The molecular formula is C15H10BrN3O. The minimum Gasteiger partial charge on any atom is -0.710 e. The molecule has 4 nitrogen and oxygen atoms in total. The Bertz CT molecular complexity index is 730. The van der Waals surface area contributed by atoms with Gasteiger partial charge in [-0.2, -0.15) is 0 Å². The Hall–Kier alpha value is -2.27. The molecule has 98 valence electrons. The normalized spacial score (nSPS) is 10.4. The summed E-state index contributed by atoms with van der Waals surface area (Å²) in [6.07, 6.45) is 1.44. The molecule has 3 rings (SSSR count). The highest BCUT2D eigenvalue weighted by Crippen LogP contribution is 2.19. The molecule has 1 heterocycles. The molecule has 0 bridgehead atoms. The van der Waals surface area contributed by atoms with Crippen molar-refractivity contribution in [1.82, 2.24) is 10.2 Å². The van der Waals surface area contributed by atoms with E-state index in [4.69, 9.17) is 0 Å². The van der Waals surface area contributed by atoms with Crippen molar-refractivity contribution >= 4 is 15.9 Å². The molecule has 0 fully saturated rings. The molecule has 0 spiro atoms. The molecule has 0 radical (unpaired) electrons. The number of rotatable bonds is 2. The molecule has 0 aliphatic rings. The van der Waals surface area contributed by atoms with Crippen molar-refractivity contribution < 1.29 is 4.73 Å². The Morgan fingerprint density at radius 1 is 0.850 bits per heavy atom. The highest BCUT2D eigenvalue weighted by Gasteiger charge is 2.14. The lowest BCUT2D eigenvalue weighted by molar-refractivity contribution is -0.596. The first-order chi connectivity index (χ1) is 9.74. The second kappa shape index (κ2) is 5.38. The van der Waals surface area contributed by atoms with Crippen LogP contribution in [0.15, 0.2) is 65.3 Å². The van der Waals surface area contributed by atoms with Crippen LogP contribution in [-0.2, 0) is 0 Å². The van der Waals surface area contributed by atoms with Gasteiger partial charge in [0.15, 0.2) is 5.69 Å². The first-order valence-electron chi connectivity index (χ1n) is 6.02. The largest absolute Gasteiger partial charge is 0.710 e. The van der Waals surface area contributed by atoms with Crippen LogP contribution in [0.3, 0.4) is 0 Å². The molecule has 5 heteroatoms. The summed E-state index contributed by atoms with van der Waals surface area (Å²) in [5.74, 6) is 0.298. The van der Waals surface area contributed by atoms with E-state index < -0.39 is 0 Å². The summed E-state index contributed by atoms with van der Waals surface area (Å²) in [4.78, 5) is 0. The van der Waals surface area contributed by atoms with Gasteiger partial charge in [0.25, 0.3) is 0 Å². The fourth-order valence-corrected chi connectivity index (χ4v) is 2.13. The van der Waals surface area contributed by atoms with E-state index in [0.717, 1.165) is 20.3 Å². The lowest BCUT2D eigenvalue weighted by Crippen LogP contribution is -2.31. The highest BCUT2D eigenvalue weighted by molar-refractivity contribution is 9.10. The molecule has 0 amide bonds. The van der Waals surface area contributed by atoms with Gasteiger partial charge in [0.1, 0.15) is 6.20 Å². The molecule has 20 heavy (non-hydrogen) atoms. The van der Waals surface area contributed by atoms with Crippen LogP contribution >= 0.6 is 15.9 Å². The third-order valence-corrected chi connectivity index (χ3v) is 3.40. The number of halogens is 1. The Morgan fingerprint density at radius 3 is 2.20 bits per heavy atom. The molecule has 0 unspecified atom stereocenters. The molecule has 3 aromatic rings. The Kier molecular flexibility index (Phi) is 3.43. The van der Waals surface area contributed by atoms with Gasteiger partial charge in [0.2, 0.25) is 0 Å². The third kappa shape index (κ3) is 2.53. The van der Waals surface area contributed by atoms with E-state index in [9.17, 15) is 5.21 Å². The molecule has 0 saturated carbocycles. The number of benzene rings is 2. The van der Waals surface area contributed by atoms with E-state index in [1.165, 1.54) is 6.20 Å². The van der Waals surface area contributed by atoms with Gasteiger partial charge in [-0.3, -0.25) is 0 Å². The maximum Gasteiger partial charge on any atom is 0.360 e. The summed E-state index contributed by atoms with van der Waals surface area (Å²) < 4.78 is 1.73. The predicted molar refractivity (Wildman–Crippen MR) is 79.6 cm³/mol. The SMILES string of the molecule is [O-][n+]1cc(-c2ccc(Br)cc2)nnc1-c1ccccc1. The first kappa shape index (κ1) is 12.7. The summed E-state index contributed by atoms with van der Waals surface area (Å²) in [6.45, 7) is 0. The lowest BCUT2D eigenvalue weighted by Gasteiger charge is -2.06. The number of aromatic nitrogens is 3. The predicted octanol–water partition coefficient (Wildman–Crippen LogP) is 3.21. The fraction of sp³-hybridized carbons (Fsp3) is 0. The second-order valence-corrected chi connectivity index (χ2v) is 5.15. The van der Waals surface area contributed by atoms with Crippen LogP contribution < -0.4 is 4.73 Å². The van der Waals surface area contributed by atoms with Crippen molar-refractivity contribution in [2.75, 3.05) is 0 Å². The van der Waals surface area contributed by atoms with Crippen molar-refractivity contribution in [2.24, 2.45) is 0 Å². The number of nitrogens with zero attached hydrogens (tertiary/aromatic N) is 3. The summed E-state index contributed by atoms with van der Waals surface area (Å²) in [5.41, 5.74) is 2.15. The molecule has 1 aromatic heterocycles. The van der Waals surface area contributed by atoms with Crippen LogP contribution in [0.5, 0.6) is 0 Å². The fourth-order valence-electron chi connectivity index (χ4n) is 1.87. The third-order valence-electron chi connectivity index (χ3n) is 2.87. The minimum atomic E-state index is 0.298. The quantitative estimate of drug-likeness (QED) is 0.536. The van der Waals surface area contributed by atoms with E-state index in [-0.39, 0.29) is 0 Å². The summed E-state index contributed by atoms with van der Waals surface area (Å²) in [5, 5.41) is 20.3. The van der Waals surface area contributed by atoms with Crippen LogP contribution in [0.4, 0.5) is 0 Å². The zero-order valence-corrected chi connectivity index (χ0v) is 12.0. The highest BCUT2D eigenvalue weighted by atomic mass is 79.9. The maximum absolute atomic E-state index is 12.1. The monoisotopic (exact) mass is 327 g/mol. The van der Waals surface area contributed by atoms with Gasteiger partial charge in [-0.1, -0.05) is 46.3 Å². The standard InChI is InChI=1S/C15H10BrN3O/c16-13-8-6-11(7-9-13)14-10-19(20)15(18-17-14)12-4-2-1-3-5-12/h1-10H. The molecule has 2 aromatic carbocycles. The van der Waals surface area contributed by atoms with Crippen molar-refractivity contribution in [3.63, 3.8) is 0 Å². The van der Waals surface area contributed by atoms with Crippen molar-refractivity contribution in [3.05, 3.63) is 70.5 Å². The average molecular weight is 328 g/mol. The van der Waals surface area contributed by atoms with E-state index in [0.29, 0.717) is 11.5 Å². The van der Waals surface area contributed by atoms with E-state index in [1.807, 2.05) is 54.6 Å². The van der Waals surface area contributed by atoms with Crippen LogP contribution in [0.2, 0.25) is 0 Å². The molecule has 0 atom stereocenters. The maximum atomic E-state index is 12.1. The van der Waals surface area contributed by atoms with E-state index >= 15 is 0 Å². The van der Waals surface area contributed by atoms with Crippen LogP contribution in [0.1, 0.15) is 0 Å². The molecule has 0 aliphatic heterocycles. The van der Waals surface area contributed by atoms with Gasteiger partial charge in [-0.15, -0.1) is 0 Å². The number of hydrogen-bond donors (Lipinski definition) is 0. The summed E-state index contributed by atoms with van der Waals surface area (Å²) >= 11 is 3.37. The van der Waals surface area contributed by atoms with Gasteiger partial charge in [-0.05, 0) is 29.4 Å². The Labute approximate surface area is 124 Å². The lowest BCUT2D eigenvalue weighted by atomic mass is 10.2. The van der Waals surface area contributed by atoms with Gasteiger partial charge in [0, 0.05) is 10.0 Å². The van der Waals surface area contributed by atoms with Crippen LogP contribution in [0, 0.1) is 5.21 Å². The second-order valence-electron chi connectivity index (χ2n) is 4.24. The minimum absolute atomic E-state index is 0.298. The van der Waals surface area contributed by atoms with Gasteiger partial charge in [-0.25, -0.2) is 4.73 Å². The average Bonchev–Trinajstić information content (AvgIpc) is 2.49. The zero-order valence-electron chi connectivity index (χ0n) is 10.4. The van der Waals surface area contributed by atoms with Gasteiger partial charge >= 0.3 is 5.82 Å². The Balaban J connectivity index is 2.01. The van der Waals surface area contributed by atoms with Crippen LogP contribution in [-0.4, -0.2) is 10.2 Å². The van der Waals surface area contributed by atoms with Crippen molar-refractivity contribution in [3.8, 4) is 22.6 Å². The zero-order chi connectivity index (χ0) is 13.9. The number of hydrogen-bond acceptors (Lipinski definition) is 3. The van der Waals surface area contributed by atoms with Gasteiger partial charge in [0.05, 0.1) is 10.7 Å².